The lowest BCUT2D eigenvalue weighted by Gasteiger charge is -2.19. The number of rotatable bonds is 5. The number of hydrogen-bond donors (Lipinski definition) is 2. The summed E-state index contributed by atoms with van der Waals surface area (Å²) in [5.74, 6) is -0.0185. The number of fused-ring (bicyclic) bond motifs is 1. The van der Waals surface area contributed by atoms with Crippen LogP contribution in [0.25, 0.3) is 11.1 Å². The van der Waals surface area contributed by atoms with Crippen LogP contribution in [0.15, 0.2) is 41.1 Å². The van der Waals surface area contributed by atoms with Crippen LogP contribution in [0.2, 0.25) is 0 Å². The Morgan fingerprint density at radius 2 is 1.95 bits per heavy atom. The molecule has 1 fully saturated rings. The van der Waals surface area contributed by atoms with Crippen LogP contribution in [0, 0.1) is 23.2 Å². The fourth-order valence-corrected chi connectivity index (χ4v) is 4.68. The van der Waals surface area contributed by atoms with E-state index in [1.54, 1.807) is 6.20 Å². The van der Waals surface area contributed by atoms with Gasteiger partial charge in [-0.1, -0.05) is 50.5 Å². The van der Waals surface area contributed by atoms with E-state index in [2.05, 4.69) is 44.0 Å². The molecular weight excluding hydrogens is 468 g/mol. The van der Waals surface area contributed by atoms with Gasteiger partial charge < -0.3 is 15.2 Å². The van der Waals surface area contributed by atoms with Crippen molar-refractivity contribution in [1.82, 2.24) is 20.4 Å². The first-order valence-corrected chi connectivity index (χ1v) is 12.7. The zero-order chi connectivity index (χ0) is 26.2. The third-order valence-electron chi connectivity index (χ3n) is 6.94. The summed E-state index contributed by atoms with van der Waals surface area (Å²) in [5.41, 5.74) is 3.91. The maximum Gasteiger partial charge on any atom is 0.315 e. The monoisotopic (exact) mass is 498 g/mol. The Bertz CT molecular complexity index is 1380. The number of anilines is 1. The second-order valence-electron chi connectivity index (χ2n) is 10.9. The predicted molar refractivity (Wildman–Crippen MR) is 136 cm³/mol. The van der Waals surface area contributed by atoms with E-state index in [1.807, 2.05) is 39.0 Å². The van der Waals surface area contributed by atoms with Crippen LogP contribution in [0.1, 0.15) is 80.1 Å². The highest BCUT2D eigenvalue weighted by Gasteiger charge is 2.43. The zero-order valence-corrected chi connectivity index (χ0v) is 21.2. The maximum absolute atomic E-state index is 12.9. The summed E-state index contributed by atoms with van der Waals surface area (Å²) < 4.78 is 5.24. The van der Waals surface area contributed by atoms with Gasteiger partial charge in [-0.25, -0.2) is 4.98 Å². The van der Waals surface area contributed by atoms with Gasteiger partial charge in [0.25, 0.3) is 0 Å². The molecule has 1 saturated carbocycles. The molecule has 9 heteroatoms. The Labute approximate surface area is 215 Å². The Balaban J connectivity index is 1.33. The number of aromatic nitrogens is 3. The third kappa shape index (κ3) is 5.38. The molecule has 3 aromatic rings. The highest BCUT2D eigenvalue weighted by Crippen LogP contribution is 2.38. The Hall–Kier alpha value is -4.06. The number of hydrogen-bond acceptors (Lipinski definition) is 7. The van der Waals surface area contributed by atoms with Crippen molar-refractivity contribution in [3.63, 3.8) is 0 Å². The Morgan fingerprint density at radius 1 is 1.14 bits per heavy atom. The lowest BCUT2D eigenvalue weighted by molar-refractivity contribution is -0.117. The second-order valence-corrected chi connectivity index (χ2v) is 10.9. The van der Waals surface area contributed by atoms with Crippen molar-refractivity contribution in [2.45, 2.75) is 64.3 Å². The summed E-state index contributed by atoms with van der Waals surface area (Å²) in [6.45, 7) is 5.90. The molecule has 9 nitrogen and oxygen atoms in total. The first-order valence-electron chi connectivity index (χ1n) is 12.7. The third-order valence-corrected chi connectivity index (χ3v) is 6.94. The van der Waals surface area contributed by atoms with Crippen molar-refractivity contribution >= 4 is 17.6 Å². The van der Waals surface area contributed by atoms with E-state index >= 15 is 0 Å². The van der Waals surface area contributed by atoms with Crippen molar-refractivity contribution in [3.05, 3.63) is 59.4 Å². The standard InChI is InChI=1S/C28H30N6O3/c1-28(2,3)27-33-26(37-34-27)25(36)31-22-7-5-4-6-18-12-16(8-9-20(18)22)17-10-11-30-23(14-17)32-24(35)21-13-19(21)15-29/h8-12,14,19,21-22H,4-7,13H2,1-3H3,(H,31,36)(H,30,32,35)/t19-,21-,22+/m1/s1. The molecule has 0 aliphatic heterocycles. The van der Waals surface area contributed by atoms with Crippen LogP contribution in [-0.4, -0.2) is 26.9 Å². The molecule has 2 aliphatic carbocycles. The van der Waals surface area contributed by atoms with E-state index in [9.17, 15) is 9.59 Å². The summed E-state index contributed by atoms with van der Waals surface area (Å²) in [4.78, 5) is 33.8. The highest BCUT2D eigenvalue weighted by molar-refractivity contribution is 5.94. The van der Waals surface area contributed by atoms with E-state index in [0.717, 1.165) is 42.4 Å². The van der Waals surface area contributed by atoms with Crippen molar-refractivity contribution < 1.29 is 14.1 Å². The van der Waals surface area contributed by atoms with Crippen molar-refractivity contribution in [1.29, 1.82) is 5.26 Å². The number of nitriles is 1. The molecular formula is C28H30N6O3. The average Bonchev–Trinajstić information content (AvgIpc) is 3.55. The van der Waals surface area contributed by atoms with Crippen molar-refractivity contribution in [3.8, 4) is 17.2 Å². The van der Waals surface area contributed by atoms with Crippen molar-refractivity contribution in [2.24, 2.45) is 11.8 Å². The van der Waals surface area contributed by atoms with Gasteiger partial charge in [0.1, 0.15) is 5.82 Å². The molecule has 0 radical (unpaired) electrons. The smallest absolute Gasteiger partial charge is 0.315 e. The largest absolute Gasteiger partial charge is 0.341 e. The number of carbonyl (C=O) groups excluding carboxylic acids is 2. The van der Waals surface area contributed by atoms with Crippen LogP contribution in [0.5, 0.6) is 0 Å². The molecule has 0 unspecified atom stereocenters. The average molecular weight is 499 g/mol. The van der Waals surface area contributed by atoms with Gasteiger partial charge in [0.05, 0.1) is 23.9 Å². The van der Waals surface area contributed by atoms with Crippen molar-refractivity contribution in [2.75, 3.05) is 5.32 Å². The lowest BCUT2D eigenvalue weighted by Crippen LogP contribution is -2.29. The number of benzene rings is 1. The molecule has 0 spiro atoms. The van der Waals surface area contributed by atoms with E-state index in [4.69, 9.17) is 9.78 Å². The van der Waals surface area contributed by atoms with Gasteiger partial charge in [-0.2, -0.15) is 10.2 Å². The minimum Gasteiger partial charge on any atom is -0.341 e. The molecule has 2 aromatic heterocycles. The number of amides is 2. The fraction of sp³-hybridized carbons (Fsp3) is 0.429. The van der Waals surface area contributed by atoms with E-state index in [1.165, 1.54) is 5.56 Å². The normalized spacial score (nSPS) is 20.8. The molecule has 2 amide bonds. The fourth-order valence-electron chi connectivity index (χ4n) is 4.68. The quantitative estimate of drug-likeness (QED) is 0.486. The van der Waals surface area contributed by atoms with Crippen LogP contribution in [-0.2, 0) is 16.6 Å². The molecule has 0 saturated heterocycles. The van der Waals surface area contributed by atoms with Crippen LogP contribution >= 0.6 is 0 Å². The lowest BCUT2D eigenvalue weighted by atomic mass is 9.94. The number of nitrogens with one attached hydrogen (secondary N) is 2. The van der Waals surface area contributed by atoms with Gasteiger partial charge >= 0.3 is 11.8 Å². The van der Waals surface area contributed by atoms with Crippen LogP contribution < -0.4 is 10.6 Å². The summed E-state index contributed by atoms with van der Waals surface area (Å²) in [6.07, 6.45) is 6.03. The highest BCUT2D eigenvalue weighted by atomic mass is 16.5. The molecule has 1 aromatic carbocycles. The molecule has 190 valence electrons. The summed E-state index contributed by atoms with van der Waals surface area (Å²) in [6, 6.07) is 12.0. The minimum absolute atomic E-state index is 0.0222. The number of aryl methyl sites for hydroxylation is 1. The van der Waals surface area contributed by atoms with E-state index < -0.39 is 0 Å². The van der Waals surface area contributed by atoms with E-state index in [0.29, 0.717) is 18.1 Å². The molecule has 2 N–H and O–H groups in total. The van der Waals surface area contributed by atoms with Gasteiger partial charge in [0, 0.05) is 11.6 Å². The number of nitrogens with zero attached hydrogens (tertiary/aromatic N) is 4. The summed E-state index contributed by atoms with van der Waals surface area (Å²) in [7, 11) is 0. The van der Waals surface area contributed by atoms with Gasteiger partial charge in [0.2, 0.25) is 5.91 Å². The van der Waals surface area contributed by atoms with Crippen LogP contribution in [0.4, 0.5) is 5.82 Å². The number of carbonyl (C=O) groups is 2. The summed E-state index contributed by atoms with van der Waals surface area (Å²) in [5, 5.41) is 18.9. The molecule has 2 aliphatic rings. The minimum atomic E-state index is -0.367. The molecule has 3 atom stereocenters. The SMILES string of the molecule is CC(C)(C)c1noc(C(=O)N[C@H]2CCCCc3cc(-c4ccnc(NC(=O)[C@@H]5C[C@@H]5C#N)c4)ccc32)n1. The van der Waals surface area contributed by atoms with Gasteiger partial charge in [0.15, 0.2) is 5.82 Å². The second kappa shape index (κ2) is 9.77. The molecule has 5 rings (SSSR count). The van der Waals surface area contributed by atoms with Gasteiger partial charge in [-0.05, 0) is 60.1 Å². The Kier molecular flexibility index (Phi) is 6.50. The topological polar surface area (TPSA) is 134 Å². The van der Waals surface area contributed by atoms with E-state index in [-0.39, 0.29) is 41.0 Å². The van der Waals surface area contributed by atoms with Gasteiger partial charge in [-0.15, -0.1) is 0 Å². The maximum atomic E-state index is 12.9. The van der Waals surface area contributed by atoms with Crippen LogP contribution in [0.3, 0.4) is 0 Å². The predicted octanol–water partition coefficient (Wildman–Crippen LogP) is 4.72. The first-order chi connectivity index (χ1) is 17.7. The first kappa shape index (κ1) is 24.6. The summed E-state index contributed by atoms with van der Waals surface area (Å²) >= 11 is 0. The molecule has 0 bridgehead atoms. The van der Waals surface area contributed by atoms with Gasteiger partial charge in [-0.3, -0.25) is 9.59 Å². The molecule has 37 heavy (non-hydrogen) atoms. The molecule has 2 heterocycles. The number of pyridine rings is 1. The zero-order valence-electron chi connectivity index (χ0n) is 21.2. The Morgan fingerprint density at radius 3 is 2.68 bits per heavy atom.